The maximum atomic E-state index is 12.9. The second-order valence-electron chi connectivity index (χ2n) is 6.94. The zero-order valence-corrected chi connectivity index (χ0v) is 14.9. The number of piperidine rings is 1. The minimum atomic E-state index is -0.0703. The lowest BCUT2D eigenvalue weighted by molar-refractivity contribution is -0.127. The Morgan fingerprint density at radius 3 is 2.96 bits per heavy atom. The number of ether oxygens (including phenoxy) is 1. The number of likely N-dealkylation sites (tertiary alicyclic amines) is 2. The molecule has 0 bridgehead atoms. The lowest BCUT2D eigenvalue weighted by atomic mass is 9.92. The molecule has 2 atom stereocenters. The summed E-state index contributed by atoms with van der Waals surface area (Å²) < 4.78 is 5.37. The number of methoxy groups -OCH3 is 1. The summed E-state index contributed by atoms with van der Waals surface area (Å²) in [5.41, 5.74) is 1.98. The van der Waals surface area contributed by atoms with Gasteiger partial charge < -0.3 is 14.5 Å². The maximum Gasteiger partial charge on any atom is 0.271 e. The molecule has 2 aliphatic heterocycles. The van der Waals surface area contributed by atoms with Crippen LogP contribution in [0.2, 0.25) is 0 Å². The van der Waals surface area contributed by atoms with Crippen LogP contribution in [0.3, 0.4) is 0 Å². The van der Waals surface area contributed by atoms with E-state index in [1.54, 1.807) is 13.2 Å². The minimum absolute atomic E-state index is 0.0703. The Kier molecular flexibility index (Phi) is 4.14. The van der Waals surface area contributed by atoms with Crippen molar-refractivity contribution in [3.8, 4) is 17.0 Å². The number of fused-ring (bicyclic) bond motifs is 1. The van der Waals surface area contributed by atoms with Gasteiger partial charge in [0, 0.05) is 44.1 Å². The molecule has 4 rings (SSSR count). The van der Waals surface area contributed by atoms with Gasteiger partial charge >= 0.3 is 0 Å². The summed E-state index contributed by atoms with van der Waals surface area (Å²) in [6.07, 6.45) is 1.35. The van der Waals surface area contributed by atoms with Gasteiger partial charge in [-0.1, -0.05) is 12.1 Å². The molecule has 0 aliphatic carbocycles. The summed E-state index contributed by atoms with van der Waals surface area (Å²) in [5, 5.41) is 7.14. The van der Waals surface area contributed by atoms with Crippen LogP contribution < -0.4 is 4.74 Å². The molecule has 1 N–H and O–H groups in total. The van der Waals surface area contributed by atoms with E-state index in [2.05, 4.69) is 10.2 Å². The Bertz CT molecular complexity index is 847. The molecular formula is C19H22N4O3. The number of hydrogen-bond donors (Lipinski definition) is 1. The van der Waals surface area contributed by atoms with Crippen molar-refractivity contribution in [2.24, 2.45) is 5.92 Å². The van der Waals surface area contributed by atoms with E-state index < -0.39 is 0 Å². The summed E-state index contributed by atoms with van der Waals surface area (Å²) in [4.78, 5) is 28.4. The van der Waals surface area contributed by atoms with Gasteiger partial charge in [-0.2, -0.15) is 5.10 Å². The SMILES string of the molecule is COc1ccccc1-c1cc(C(=O)N2CC[C@H]3[C@H](CC(=O)N3C)C2)[nH]n1. The first kappa shape index (κ1) is 16.6. The highest BCUT2D eigenvalue weighted by Gasteiger charge is 2.42. The van der Waals surface area contributed by atoms with Crippen molar-refractivity contribution in [2.45, 2.75) is 18.9 Å². The highest BCUT2D eigenvalue weighted by Crippen LogP contribution is 2.32. The summed E-state index contributed by atoms with van der Waals surface area (Å²) in [6.45, 7) is 1.27. The normalized spacial score (nSPS) is 22.5. The molecule has 0 radical (unpaired) electrons. The van der Waals surface area contributed by atoms with Gasteiger partial charge in [0.25, 0.3) is 5.91 Å². The van der Waals surface area contributed by atoms with Crippen molar-refractivity contribution < 1.29 is 14.3 Å². The summed E-state index contributed by atoms with van der Waals surface area (Å²) in [7, 11) is 3.47. The summed E-state index contributed by atoms with van der Waals surface area (Å²) in [5.74, 6) is 1.04. The number of carbonyl (C=O) groups excluding carboxylic acids is 2. The molecule has 1 aromatic heterocycles. The molecule has 0 unspecified atom stereocenters. The number of nitrogens with one attached hydrogen (secondary N) is 1. The van der Waals surface area contributed by atoms with E-state index in [1.165, 1.54) is 0 Å². The Balaban J connectivity index is 1.51. The lowest BCUT2D eigenvalue weighted by Crippen LogP contribution is -2.47. The number of aromatic nitrogens is 2. The van der Waals surface area contributed by atoms with E-state index in [1.807, 2.05) is 41.1 Å². The van der Waals surface area contributed by atoms with Gasteiger partial charge in [0.15, 0.2) is 0 Å². The Morgan fingerprint density at radius 1 is 1.35 bits per heavy atom. The predicted molar refractivity (Wildman–Crippen MR) is 95.8 cm³/mol. The molecular weight excluding hydrogens is 332 g/mol. The summed E-state index contributed by atoms with van der Waals surface area (Å²) in [6, 6.07) is 9.60. The molecule has 1 aromatic carbocycles. The first-order chi connectivity index (χ1) is 12.6. The third kappa shape index (κ3) is 2.73. The highest BCUT2D eigenvalue weighted by molar-refractivity contribution is 5.94. The minimum Gasteiger partial charge on any atom is -0.496 e. The van der Waals surface area contributed by atoms with Crippen LogP contribution in [0.4, 0.5) is 0 Å². The van der Waals surface area contributed by atoms with Crippen LogP contribution in [0.1, 0.15) is 23.3 Å². The summed E-state index contributed by atoms with van der Waals surface area (Å²) >= 11 is 0. The smallest absolute Gasteiger partial charge is 0.271 e. The van der Waals surface area contributed by atoms with E-state index in [4.69, 9.17) is 4.74 Å². The van der Waals surface area contributed by atoms with E-state index in [0.29, 0.717) is 36.6 Å². The molecule has 2 amide bonds. The number of para-hydroxylation sites is 1. The molecule has 2 aromatic rings. The molecule has 3 heterocycles. The molecule has 2 aliphatic rings. The third-order valence-corrected chi connectivity index (χ3v) is 5.50. The number of H-pyrrole nitrogens is 1. The number of benzene rings is 1. The van der Waals surface area contributed by atoms with Gasteiger partial charge in [0.1, 0.15) is 11.4 Å². The van der Waals surface area contributed by atoms with Crippen molar-refractivity contribution >= 4 is 11.8 Å². The van der Waals surface area contributed by atoms with Crippen LogP contribution >= 0.6 is 0 Å². The lowest BCUT2D eigenvalue weighted by Gasteiger charge is -2.36. The molecule has 0 spiro atoms. The van der Waals surface area contributed by atoms with Gasteiger partial charge in [0.05, 0.1) is 12.8 Å². The second-order valence-corrected chi connectivity index (χ2v) is 6.94. The Hall–Kier alpha value is -2.83. The zero-order chi connectivity index (χ0) is 18.3. The fourth-order valence-corrected chi connectivity index (χ4v) is 4.06. The topological polar surface area (TPSA) is 78.5 Å². The quantitative estimate of drug-likeness (QED) is 0.911. The molecule has 0 saturated carbocycles. The molecule has 2 saturated heterocycles. The number of carbonyl (C=O) groups is 2. The Morgan fingerprint density at radius 2 is 2.15 bits per heavy atom. The average Bonchev–Trinajstić information content (AvgIpc) is 3.26. The van der Waals surface area contributed by atoms with E-state index in [9.17, 15) is 9.59 Å². The Labute approximate surface area is 151 Å². The van der Waals surface area contributed by atoms with Crippen LogP contribution in [0.25, 0.3) is 11.3 Å². The van der Waals surface area contributed by atoms with Gasteiger partial charge in [-0.05, 0) is 24.6 Å². The first-order valence-corrected chi connectivity index (χ1v) is 8.82. The standard InChI is InChI=1S/C19H22N4O3/c1-22-16-7-8-23(11-12(16)9-18(22)24)19(25)15-10-14(20-21-15)13-5-3-4-6-17(13)26-2/h3-6,10,12,16H,7-9,11H2,1-2H3,(H,20,21)/t12-,16+/m1/s1. The number of amides is 2. The molecule has 26 heavy (non-hydrogen) atoms. The fraction of sp³-hybridized carbons (Fsp3) is 0.421. The van der Waals surface area contributed by atoms with Crippen LogP contribution in [-0.4, -0.2) is 65.1 Å². The first-order valence-electron chi connectivity index (χ1n) is 8.82. The van der Waals surface area contributed by atoms with Crippen LogP contribution in [0.15, 0.2) is 30.3 Å². The fourth-order valence-electron chi connectivity index (χ4n) is 4.06. The van der Waals surface area contributed by atoms with Gasteiger partial charge in [0.2, 0.25) is 5.91 Å². The van der Waals surface area contributed by atoms with Crippen LogP contribution in [-0.2, 0) is 4.79 Å². The van der Waals surface area contributed by atoms with Crippen molar-refractivity contribution in [3.05, 3.63) is 36.0 Å². The van der Waals surface area contributed by atoms with Crippen LogP contribution in [0.5, 0.6) is 5.75 Å². The van der Waals surface area contributed by atoms with Crippen molar-refractivity contribution in [2.75, 3.05) is 27.2 Å². The number of rotatable bonds is 3. The van der Waals surface area contributed by atoms with Crippen molar-refractivity contribution in [1.29, 1.82) is 0 Å². The van der Waals surface area contributed by atoms with Crippen molar-refractivity contribution in [3.63, 3.8) is 0 Å². The van der Waals surface area contributed by atoms with Gasteiger partial charge in [-0.3, -0.25) is 14.7 Å². The second kappa shape index (κ2) is 6.48. The predicted octanol–water partition coefficient (Wildman–Crippen LogP) is 1.78. The molecule has 7 nitrogen and oxygen atoms in total. The third-order valence-electron chi connectivity index (χ3n) is 5.50. The molecule has 2 fully saturated rings. The monoisotopic (exact) mass is 354 g/mol. The van der Waals surface area contributed by atoms with E-state index in [-0.39, 0.29) is 23.8 Å². The zero-order valence-electron chi connectivity index (χ0n) is 14.9. The average molecular weight is 354 g/mol. The molecule has 136 valence electrons. The highest BCUT2D eigenvalue weighted by atomic mass is 16.5. The maximum absolute atomic E-state index is 12.9. The molecule has 7 heteroatoms. The largest absolute Gasteiger partial charge is 0.496 e. The van der Waals surface area contributed by atoms with E-state index in [0.717, 1.165) is 12.0 Å². The van der Waals surface area contributed by atoms with Gasteiger partial charge in [-0.25, -0.2) is 0 Å². The van der Waals surface area contributed by atoms with E-state index >= 15 is 0 Å². The number of hydrogen-bond acceptors (Lipinski definition) is 4. The number of aromatic amines is 1. The van der Waals surface area contributed by atoms with Gasteiger partial charge in [-0.15, -0.1) is 0 Å². The van der Waals surface area contributed by atoms with Crippen LogP contribution in [0, 0.1) is 5.92 Å². The number of nitrogens with zero attached hydrogens (tertiary/aromatic N) is 3. The van der Waals surface area contributed by atoms with Crippen molar-refractivity contribution in [1.82, 2.24) is 20.0 Å².